The number of nitrogens with one attached hydrogen (secondary N) is 2. The van der Waals surface area contributed by atoms with Gasteiger partial charge in [0.25, 0.3) is 0 Å². The lowest BCUT2D eigenvalue weighted by Gasteiger charge is -2.44. The fourth-order valence-electron chi connectivity index (χ4n) is 4.10. The molecule has 0 radical (unpaired) electrons. The molecule has 33 heavy (non-hydrogen) atoms. The maximum Gasteiger partial charge on any atom is 0.412 e. The molecule has 1 spiro atoms. The summed E-state index contributed by atoms with van der Waals surface area (Å²) in [6.07, 6.45) is 2.82. The van der Waals surface area contributed by atoms with Crippen molar-refractivity contribution >= 4 is 29.3 Å². The molecule has 0 aromatic heterocycles. The molecule has 9 nitrogen and oxygen atoms in total. The van der Waals surface area contributed by atoms with E-state index in [9.17, 15) is 14.4 Å². The van der Waals surface area contributed by atoms with Crippen molar-refractivity contribution < 1.29 is 28.6 Å². The van der Waals surface area contributed by atoms with Crippen LogP contribution >= 0.6 is 0 Å². The van der Waals surface area contributed by atoms with Crippen molar-refractivity contribution in [3.05, 3.63) is 60.2 Å². The molecule has 0 unspecified atom stereocenters. The maximum absolute atomic E-state index is 12.6. The third-order valence-corrected chi connectivity index (χ3v) is 5.84. The Hall–Kier alpha value is -4.01. The highest BCUT2D eigenvalue weighted by molar-refractivity contribution is 6.03. The van der Waals surface area contributed by atoms with Gasteiger partial charge in [0, 0.05) is 55.4 Å². The minimum atomic E-state index is -0.823. The fourth-order valence-corrected chi connectivity index (χ4v) is 4.10. The van der Waals surface area contributed by atoms with E-state index in [1.165, 1.54) is 12.2 Å². The van der Waals surface area contributed by atoms with Gasteiger partial charge < -0.3 is 24.4 Å². The largest absolute Gasteiger partial charge is 0.497 e. The van der Waals surface area contributed by atoms with E-state index in [4.69, 9.17) is 14.2 Å². The fraction of sp³-hybridized carbons (Fsp3) is 0.292. The van der Waals surface area contributed by atoms with Crippen molar-refractivity contribution in [2.75, 3.05) is 37.9 Å². The van der Waals surface area contributed by atoms with E-state index in [1.54, 1.807) is 55.5 Å². The molecule has 2 aliphatic heterocycles. The normalized spacial score (nSPS) is 16.5. The minimum absolute atomic E-state index is 0.281. The zero-order valence-electron chi connectivity index (χ0n) is 18.4. The molecule has 1 fully saturated rings. The predicted molar refractivity (Wildman–Crippen MR) is 121 cm³/mol. The van der Waals surface area contributed by atoms with Gasteiger partial charge in [-0.05, 0) is 30.3 Å². The molecule has 2 heterocycles. The number of carbonyl (C=O) groups is 3. The van der Waals surface area contributed by atoms with Gasteiger partial charge in [-0.25, -0.2) is 4.79 Å². The number of hydrogen-bond donors (Lipinski definition) is 2. The molecule has 2 aromatic carbocycles. The van der Waals surface area contributed by atoms with Gasteiger partial charge in [-0.2, -0.15) is 0 Å². The molecule has 2 aliphatic rings. The van der Waals surface area contributed by atoms with E-state index in [-0.39, 0.29) is 5.91 Å². The molecule has 0 aliphatic carbocycles. The minimum Gasteiger partial charge on any atom is -0.497 e. The van der Waals surface area contributed by atoms with E-state index in [0.29, 0.717) is 48.8 Å². The smallest absolute Gasteiger partial charge is 0.412 e. The Morgan fingerprint density at radius 1 is 1.06 bits per heavy atom. The van der Waals surface area contributed by atoms with Crippen LogP contribution in [0.5, 0.6) is 11.5 Å². The highest BCUT2D eigenvalue weighted by Crippen LogP contribution is 2.44. The number of amides is 3. The monoisotopic (exact) mass is 451 g/mol. The summed E-state index contributed by atoms with van der Waals surface area (Å²) in [5.74, 6) is 0.583. The zero-order chi connectivity index (χ0) is 23.4. The van der Waals surface area contributed by atoms with Crippen molar-refractivity contribution in [2.24, 2.45) is 0 Å². The van der Waals surface area contributed by atoms with Gasteiger partial charge in [0.2, 0.25) is 11.8 Å². The van der Waals surface area contributed by atoms with E-state index in [0.717, 1.165) is 5.56 Å². The standard InChI is InChI=1S/C24H25N3O6/c1-31-17-5-3-4-16(14-17)25-21(28)8-9-22(29)27-12-10-24(11-13-27)19-15-18(32-2)6-7-20(19)26-23(30)33-24/h3-9,14-15H,10-13H2,1-2H3,(H,25,28)(H,26,30)/b9-8+. The molecule has 2 N–H and O–H groups in total. The third kappa shape index (κ3) is 4.77. The average molecular weight is 451 g/mol. The van der Waals surface area contributed by atoms with Crippen LogP contribution in [0.4, 0.5) is 16.2 Å². The molecule has 1 saturated heterocycles. The van der Waals surface area contributed by atoms with Crippen LogP contribution in [0.3, 0.4) is 0 Å². The predicted octanol–water partition coefficient (Wildman–Crippen LogP) is 3.28. The van der Waals surface area contributed by atoms with Crippen LogP contribution < -0.4 is 20.1 Å². The van der Waals surface area contributed by atoms with Crippen LogP contribution in [0.25, 0.3) is 0 Å². The van der Waals surface area contributed by atoms with Gasteiger partial charge in [0.15, 0.2) is 0 Å². The number of carbonyl (C=O) groups excluding carboxylic acids is 3. The van der Waals surface area contributed by atoms with E-state index >= 15 is 0 Å². The summed E-state index contributed by atoms with van der Waals surface area (Å²) in [4.78, 5) is 38.6. The lowest BCUT2D eigenvalue weighted by Crippen LogP contribution is -2.49. The van der Waals surface area contributed by atoms with Gasteiger partial charge in [0.05, 0.1) is 19.9 Å². The molecule has 3 amide bonds. The molecule has 0 bridgehead atoms. The number of likely N-dealkylation sites (tertiary alicyclic amines) is 1. The van der Waals surface area contributed by atoms with E-state index in [2.05, 4.69) is 10.6 Å². The lowest BCUT2D eigenvalue weighted by atomic mass is 9.82. The summed E-state index contributed by atoms with van der Waals surface area (Å²) >= 11 is 0. The molecule has 2 aromatic rings. The Kier molecular flexibility index (Phi) is 6.21. The number of hydrogen-bond acceptors (Lipinski definition) is 6. The summed E-state index contributed by atoms with van der Waals surface area (Å²) in [6.45, 7) is 0.759. The van der Waals surface area contributed by atoms with Crippen LogP contribution in [-0.2, 0) is 19.9 Å². The second-order valence-corrected chi connectivity index (χ2v) is 7.80. The topological polar surface area (TPSA) is 106 Å². The van der Waals surface area contributed by atoms with Crippen LogP contribution in [0.1, 0.15) is 18.4 Å². The molecular formula is C24H25N3O6. The van der Waals surface area contributed by atoms with Crippen molar-refractivity contribution in [3.8, 4) is 11.5 Å². The Morgan fingerprint density at radius 3 is 2.52 bits per heavy atom. The van der Waals surface area contributed by atoms with Crippen LogP contribution in [0, 0.1) is 0 Å². The van der Waals surface area contributed by atoms with Crippen LogP contribution in [-0.4, -0.2) is 50.1 Å². The Bertz CT molecular complexity index is 1110. The number of nitrogens with zero attached hydrogens (tertiary/aromatic N) is 1. The first-order valence-electron chi connectivity index (χ1n) is 10.5. The number of benzene rings is 2. The second kappa shape index (κ2) is 9.23. The summed E-state index contributed by atoms with van der Waals surface area (Å²) in [6, 6.07) is 12.4. The van der Waals surface area contributed by atoms with Crippen molar-refractivity contribution in [3.63, 3.8) is 0 Å². The van der Waals surface area contributed by atoms with Gasteiger partial charge in [-0.3, -0.25) is 14.9 Å². The molecule has 0 atom stereocenters. The zero-order valence-corrected chi connectivity index (χ0v) is 18.4. The summed E-state index contributed by atoms with van der Waals surface area (Å²) in [7, 11) is 3.12. The number of rotatable bonds is 5. The Balaban J connectivity index is 1.39. The molecule has 172 valence electrons. The Labute approximate surface area is 191 Å². The Morgan fingerprint density at radius 2 is 1.79 bits per heavy atom. The number of fused-ring (bicyclic) bond motifs is 2. The third-order valence-electron chi connectivity index (χ3n) is 5.84. The highest BCUT2D eigenvalue weighted by Gasteiger charge is 2.45. The van der Waals surface area contributed by atoms with Gasteiger partial charge in [-0.1, -0.05) is 6.07 Å². The van der Waals surface area contributed by atoms with E-state index < -0.39 is 17.6 Å². The molecule has 0 saturated carbocycles. The quantitative estimate of drug-likeness (QED) is 0.676. The second-order valence-electron chi connectivity index (χ2n) is 7.80. The molecule has 9 heteroatoms. The lowest BCUT2D eigenvalue weighted by molar-refractivity contribution is -0.130. The van der Waals surface area contributed by atoms with Gasteiger partial charge in [-0.15, -0.1) is 0 Å². The highest BCUT2D eigenvalue weighted by atomic mass is 16.6. The first-order chi connectivity index (χ1) is 15.9. The first-order valence-corrected chi connectivity index (χ1v) is 10.5. The van der Waals surface area contributed by atoms with Crippen molar-refractivity contribution in [1.82, 2.24) is 4.90 Å². The van der Waals surface area contributed by atoms with Crippen LogP contribution in [0.15, 0.2) is 54.6 Å². The van der Waals surface area contributed by atoms with Crippen molar-refractivity contribution in [1.29, 1.82) is 0 Å². The van der Waals surface area contributed by atoms with Gasteiger partial charge >= 0.3 is 6.09 Å². The molecule has 4 rings (SSSR count). The first kappa shape index (κ1) is 22.2. The average Bonchev–Trinajstić information content (AvgIpc) is 2.83. The summed E-state index contributed by atoms with van der Waals surface area (Å²) < 4.78 is 16.2. The van der Waals surface area contributed by atoms with Crippen molar-refractivity contribution in [2.45, 2.75) is 18.4 Å². The summed E-state index contributed by atoms with van der Waals surface area (Å²) in [5, 5.41) is 5.41. The summed E-state index contributed by atoms with van der Waals surface area (Å²) in [5.41, 5.74) is 1.26. The number of anilines is 2. The van der Waals surface area contributed by atoms with Gasteiger partial charge in [0.1, 0.15) is 17.1 Å². The maximum atomic E-state index is 12.6. The number of methoxy groups -OCH3 is 2. The van der Waals surface area contributed by atoms with Crippen LogP contribution in [0.2, 0.25) is 0 Å². The van der Waals surface area contributed by atoms with E-state index in [1.807, 2.05) is 6.07 Å². The number of ether oxygens (including phenoxy) is 3. The number of piperidine rings is 1. The molecular weight excluding hydrogens is 426 g/mol. The SMILES string of the molecule is COc1cccc(NC(=O)/C=C/C(=O)N2CCC3(CC2)OC(=O)Nc2ccc(OC)cc23)c1.